The van der Waals surface area contributed by atoms with Crippen molar-refractivity contribution in [3.05, 3.63) is 123 Å². The monoisotopic (exact) mass is 529 g/mol. The molecule has 5 rings (SSSR count). The first-order valence-electron chi connectivity index (χ1n) is 11.4. The summed E-state index contributed by atoms with van der Waals surface area (Å²) in [5.41, 5.74) is 2.47. The van der Waals surface area contributed by atoms with E-state index in [-0.39, 0.29) is 12.2 Å². The highest BCUT2D eigenvalue weighted by Gasteiger charge is 2.14. The minimum Gasteiger partial charge on any atom is -0.493 e. The average Bonchev–Trinajstić information content (AvgIpc) is 2.92. The number of para-hydroxylation sites is 2. The van der Waals surface area contributed by atoms with E-state index < -0.39 is 0 Å². The second kappa shape index (κ2) is 10.9. The Hall–Kier alpha value is -4.13. The molecule has 37 heavy (non-hydrogen) atoms. The van der Waals surface area contributed by atoms with E-state index in [9.17, 15) is 4.79 Å². The molecule has 8 heteroatoms. The summed E-state index contributed by atoms with van der Waals surface area (Å²) in [6, 6.07) is 27.3. The third-order valence-electron chi connectivity index (χ3n) is 5.71. The minimum absolute atomic E-state index is 0.184. The van der Waals surface area contributed by atoms with Crippen molar-refractivity contribution in [3.63, 3.8) is 0 Å². The highest BCUT2D eigenvalue weighted by atomic mass is 35.5. The zero-order chi connectivity index (χ0) is 25.8. The van der Waals surface area contributed by atoms with Crippen molar-refractivity contribution in [2.45, 2.75) is 6.61 Å². The van der Waals surface area contributed by atoms with E-state index in [0.717, 1.165) is 11.1 Å². The Labute approximate surface area is 223 Å². The van der Waals surface area contributed by atoms with Gasteiger partial charge < -0.3 is 9.47 Å². The van der Waals surface area contributed by atoms with E-state index in [1.165, 1.54) is 4.68 Å². The molecule has 4 aromatic carbocycles. The number of ether oxygens (including phenoxy) is 2. The quantitative estimate of drug-likeness (QED) is 0.216. The average molecular weight is 530 g/mol. The smallest absolute Gasteiger partial charge is 0.282 e. The molecule has 0 bridgehead atoms. The predicted octanol–water partition coefficient (Wildman–Crippen LogP) is 6.84. The molecule has 0 aliphatic carbocycles. The van der Waals surface area contributed by atoms with Crippen LogP contribution >= 0.6 is 23.2 Å². The molecule has 0 fully saturated rings. The summed E-state index contributed by atoms with van der Waals surface area (Å²) in [5.74, 6) is 1.41. The van der Waals surface area contributed by atoms with E-state index >= 15 is 0 Å². The third-order valence-corrected chi connectivity index (χ3v) is 6.30. The van der Waals surface area contributed by atoms with Gasteiger partial charge >= 0.3 is 0 Å². The van der Waals surface area contributed by atoms with Crippen molar-refractivity contribution in [2.24, 2.45) is 5.10 Å². The Morgan fingerprint density at radius 3 is 2.51 bits per heavy atom. The minimum atomic E-state index is -0.279. The number of benzene rings is 4. The zero-order valence-electron chi connectivity index (χ0n) is 19.8. The molecular formula is C29H21Cl2N3O3. The lowest BCUT2D eigenvalue weighted by Crippen LogP contribution is -2.20. The summed E-state index contributed by atoms with van der Waals surface area (Å²) >= 11 is 12.3. The highest BCUT2D eigenvalue weighted by Crippen LogP contribution is 2.32. The van der Waals surface area contributed by atoms with Gasteiger partial charge in [-0.15, -0.1) is 0 Å². The number of hydrogen-bond donors (Lipinski definition) is 0. The van der Waals surface area contributed by atoms with Crippen molar-refractivity contribution in [1.82, 2.24) is 9.66 Å². The summed E-state index contributed by atoms with van der Waals surface area (Å²) in [5, 5.41) is 6.07. The first-order chi connectivity index (χ1) is 18.0. The topological polar surface area (TPSA) is 65.7 Å². The fourth-order valence-corrected chi connectivity index (χ4v) is 4.33. The van der Waals surface area contributed by atoms with Crippen molar-refractivity contribution in [3.8, 4) is 22.9 Å². The highest BCUT2D eigenvalue weighted by molar-refractivity contribution is 6.35. The number of rotatable bonds is 7. The van der Waals surface area contributed by atoms with Crippen LogP contribution in [0.1, 0.15) is 11.1 Å². The van der Waals surface area contributed by atoms with Crippen LogP contribution in [0.25, 0.3) is 22.3 Å². The van der Waals surface area contributed by atoms with Crippen molar-refractivity contribution >= 4 is 40.3 Å². The summed E-state index contributed by atoms with van der Waals surface area (Å²) in [6.07, 6.45) is 1.56. The Bertz CT molecular complexity index is 1670. The Balaban J connectivity index is 1.58. The first-order valence-corrected chi connectivity index (χ1v) is 12.2. The Kier molecular flexibility index (Phi) is 7.21. The maximum absolute atomic E-state index is 13.5. The number of fused-ring (bicyclic) bond motifs is 1. The van der Waals surface area contributed by atoms with Gasteiger partial charge in [0.2, 0.25) is 0 Å². The number of aromatic nitrogens is 2. The lowest BCUT2D eigenvalue weighted by atomic mass is 10.2. The van der Waals surface area contributed by atoms with E-state index in [2.05, 4.69) is 5.10 Å². The number of methoxy groups -OCH3 is 1. The summed E-state index contributed by atoms with van der Waals surface area (Å²) in [7, 11) is 1.56. The molecule has 0 saturated carbocycles. The number of nitrogens with zero attached hydrogens (tertiary/aromatic N) is 3. The van der Waals surface area contributed by atoms with Gasteiger partial charge in [-0.2, -0.15) is 9.78 Å². The van der Waals surface area contributed by atoms with Gasteiger partial charge in [0.25, 0.3) is 5.56 Å². The molecule has 0 atom stereocenters. The normalized spacial score (nSPS) is 11.2. The zero-order valence-corrected chi connectivity index (χ0v) is 21.3. The largest absolute Gasteiger partial charge is 0.493 e. The van der Waals surface area contributed by atoms with Gasteiger partial charge in [-0.25, -0.2) is 4.98 Å². The maximum Gasteiger partial charge on any atom is 0.282 e. The molecule has 0 N–H and O–H groups in total. The second-order valence-corrected chi connectivity index (χ2v) is 8.93. The Morgan fingerprint density at radius 1 is 0.946 bits per heavy atom. The van der Waals surface area contributed by atoms with Crippen LogP contribution in [0.5, 0.6) is 11.5 Å². The molecule has 0 saturated heterocycles. The SMILES string of the molecule is COc1cccc(C=Nn2c(-c3ccccc3)nc3ccccc3c2=O)c1OCc1ccc(Cl)cc1Cl. The molecule has 0 aliphatic heterocycles. The lowest BCUT2D eigenvalue weighted by molar-refractivity contribution is 0.284. The van der Waals surface area contributed by atoms with E-state index in [4.69, 9.17) is 37.7 Å². The molecular weight excluding hydrogens is 509 g/mol. The first kappa shape index (κ1) is 24.6. The fraction of sp³-hybridized carbons (Fsp3) is 0.0690. The molecule has 0 aliphatic rings. The van der Waals surface area contributed by atoms with Crippen LogP contribution < -0.4 is 15.0 Å². The standard InChI is InChI=1S/C29H21Cl2N3O3/c1-36-26-13-7-10-20(27(26)37-18-21-14-15-22(30)16-24(21)31)17-32-34-28(19-8-3-2-4-9-19)33-25-12-6-5-11-23(25)29(34)35/h2-17H,18H2,1H3. The van der Waals surface area contributed by atoms with Gasteiger partial charge in [0.15, 0.2) is 17.3 Å². The molecule has 0 spiro atoms. The van der Waals surface area contributed by atoms with Gasteiger partial charge in [0, 0.05) is 26.7 Å². The van der Waals surface area contributed by atoms with Crippen molar-refractivity contribution in [2.75, 3.05) is 7.11 Å². The van der Waals surface area contributed by atoms with Crippen LogP contribution in [-0.2, 0) is 6.61 Å². The molecule has 0 unspecified atom stereocenters. The van der Waals surface area contributed by atoms with Crippen LogP contribution in [0, 0.1) is 0 Å². The fourth-order valence-electron chi connectivity index (χ4n) is 3.86. The van der Waals surface area contributed by atoms with Gasteiger partial charge in [-0.3, -0.25) is 4.79 Å². The van der Waals surface area contributed by atoms with Gasteiger partial charge in [-0.05, 0) is 36.4 Å². The van der Waals surface area contributed by atoms with E-state index in [1.807, 2.05) is 54.6 Å². The van der Waals surface area contributed by atoms with Crippen LogP contribution in [-0.4, -0.2) is 23.0 Å². The summed E-state index contributed by atoms with van der Waals surface area (Å²) in [4.78, 5) is 18.2. The summed E-state index contributed by atoms with van der Waals surface area (Å²) < 4.78 is 13.0. The molecule has 5 aromatic rings. The van der Waals surface area contributed by atoms with Crippen molar-refractivity contribution < 1.29 is 9.47 Å². The second-order valence-electron chi connectivity index (χ2n) is 8.08. The third kappa shape index (κ3) is 5.21. The molecule has 1 aromatic heterocycles. The van der Waals surface area contributed by atoms with Gasteiger partial charge in [0.1, 0.15) is 6.61 Å². The molecule has 0 radical (unpaired) electrons. The van der Waals surface area contributed by atoms with Crippen molar-refractivity contribution in [1.29, 1.82) is 0 Å². The van der Waals surface area contributed by atoms with Crippen LogP contribution in [0.3, 0.4) is 0 Å². The lowest BCUT2D eigenvalue weighted by Gasteiger charge is -2.14. The van der Waals surface area contributed by atoms with E-state index in [1.54, 1.807) is 49.7 Å². The molecule has 1 heterocycles. The van der Waals surface area contributed by atoms with Gasteiger partial charge in [0.05, 0.1) is 24.2 Å². The molecule has 0 amide bonds. The number of hydrogen-bond acceptors (Lipinski definition) is 5. The predicted molar refractivity (Wildman–Crippen MR) is 148 cm³/mol. The van der Waals surface area contributed by atoms with Crippen LogP contribution in [0.4, 0.5) is 0 Å². The molecule has 184 valence electrons. The van der Waals surface area contributed by atoms with E-state index in [0.29, 0.717) is 43.8 Å². The number of halogens is 2. The van der Waals surface area contributed by atoms with Gasteiger partial charge in [-0.1, -0.05) is 77.8 Å². The Morgan fingerprint density at radius 2 is 1.73 bits per heavy atom. The maximum atomic E-state index is 13.5. The molecule has 6 nitrogen and oxygen atoms in total. The summed E-state index contributed by atoms with van der Waals surface area (Å²) in [6.45, 7) is 0.184. The van der Waals surface area contributed by atoms with Crippen LogP contribution in [0.15, 0.2) is 101 Å². The van der Waals surface area contributed by atoms with Crippen LogP contribution in [0.2, 0.25) is 10.0 Å².